The smallest absolute Gasteiger partial charge is 0.319 e. The van der Waals surface area contributed by atoms with Crippen molar-refractivity contribution in [3.05, 3.63) is 76.4 Å². The summed E-state index contributed by atoms with van der Waals surface area (Å²) in [6, 6.07) is 15.0. The van der Waals surface area contributed by atoms with E-state index < -0.39 is 0 Å². The summed E-state index contributed by atoms with van der Waals surface area (Å²) in [5.41, 5.74) is 1.72. The van der Waals surface area contributed by atoms with Gasteiger partial charge in [0.05, 0.1) is 19.4 Å². The number of hydrogen-bond donors (Lipinski definition) is 2. The predicted molar refractivity (Wildman–Crippen MR) is 93.8 cm³/mol. The van der Waals surface area contributed by atoms with E-state index in [1.807, 2.05) is 53.9 Å². The first-order chi connectivity index (χ1) is 11.8. The summed E-state index contributed by atoms with van der Waals surface area (Å²) in [6.07, 6.45) is 1.62. The van der Waals surface area contributed by atoms with Crippen LogP contribution in [0.15, 0.2) is 64.6 Å². The van der Waals surface area contributed by atoms with E-state index in [9.17, 15) is 4.79 Å². The zero-order chi connectivity index (χ0) is 16.6. The summed E-state index contributed by atoms with van der Waals surface area (Å²) in [5.74, 6) is 0.789. The summed E-state index contributed by atoms with van der Waals surface area (Å²) >= 11 is 1.61. The molecule has 2 aromatic heterocycles. The van der Waals surface area contributed by atoms with Crippen molar-refractivity contribution in [2.45, 2.75) is 19.8 Å². The Morgan fingerprint density at radius 2 is 2.08 bits per heavy atom. The second-order valence-corrected chi connectivity index (χ2v) is 6.19. The van der Waals surface area contributed by atoms with Crippen LogP contribution in [0, 0.1) is 0 Å². The molecule has 3 aromatic rings. The van der Waals surface area contributed by atoms with Gasteiger partial charge in [0.1, 0.15) is 12.4 Å². The van der Waals surface area contributed by atoms with Crippen molar-refractivity contribution in [3.63, 3.8) is 0 Å². The molecule has 0 radical (unpaired) electrons. The van der Waals surface area contributed by atoms with Crippen LogP contribution in [-0.4, -0.2) is 6.03 Å². The van der Waals surface area contributed by atoms with Crippen molar-refractivity contribution in [3.8, 4) is 0 Å². The highest BCUT2D eigenvalue weighted by Gasteiger charge is 2.04. The van der Waals surface area contributed by atoms with Gasteiger partial charge < -0.3 is 19.8 Å². The molecule has 0 aliphatic carbocycles. The largest absolute Gasteiger partial charge is 0.467 e. The van der Waals surface area contributed by atoms with Gasteiger partial charge in [-0.05, 0) is 41.3 Å². The predicted octanol–water partition coefficient (Wildman–Crippen LogP) is 4.38. The number of anilines is 1. The molecule has 5 nitrogen and oxygen atoms in total. The molecule has 0 spiro atoms. The fourth-order valence-corrected chi connectivity index (χ4v) is 2.80. The number of rotatable bonds is 7. The molecule has 24 heavy (non-hydrogen) atoms. The minimum Gasteiger partial charge on any atom is -0.467 e. The fourth-order valence-electron chi connectivity index (χ4n) is 2.16. The molecule has 0 fully saturated rings. The first-order valence-corrected chi connectivity index (χ1v) is 8.44. The van der Waals surface area contributed by atoms with E-state index in [1.54, 1.807) is 17.6 Å². The first-order valence-electron chi connectivity index (χ1n) is 7.56. The van der Waals surface area contributed by atoms with Gasteiger partial charge in [-0.15, -0.1) is 11.3 Å². The second kappa shape index (κ2) is 8.33. The maximum Gasteiger partial charge on any atom is 0.319 e. The van der Waals surface area contributed by atoms with Gasteiger partial charge in [-0.25, -0.2) is 4.79 Å². The highest BCUT2D eigenvalue weighted by molar-refractivity contribution is 7.09. The molecule has 0 unspecified atom stereocenters. The van der Waals surface area contributed by atoms with Crippen LogP contribution in [0.5, 0.6) is 0 Å². The lowest BCUT2D eigenvalue weighted by atomic mass is 10.2. The lowest BCUT2D eigenvalue weighted by Gasteiger charge is -2.09. The lowest BCUT2D eigenvalue weighted by molar-refractivity contribution is 0.0930. The Hall–Kier alpha value is -2.57. The summed E-state index contributed by atoms with van der Waals surface area (Å²) in [6.45, 7) is 1.40. The van der Waals surface area contributed by atoms with Gasteiger partial charge in [0, 0.05) is 10.6 Å². The lowest BCUT2D eigenvalue weighted by Crippen LogP contribution is -2.27. The molecule has 0 saturated carbocycles. The van der Waals surface area contributed by atoms with Crippen LogP contribution in [0.25, 0.3) is 0 Å². The van der Waals surface area contributed by atoms with Crippen LogP contribution in [0.2, 0.25) is 0 Å². The number of amides is 2. The van der Waals surface area contributed by atoms with Crippen molar-refractivity contribution in [1.82, 2.24) is 5.32 Å². The molecule has 0 aliphatic rings. The average Bonchev–Trinajstić information content (AvgIpc) is 3.27. The van der Waals surface area contributed by atoms with Crippen LogP contribution in [-0.2, 0) is 24.5 Å². The molecule has 2 N–H and O–H groups in total. The fraction of sp³-hybridized carbons (Fsp3) is 0.167. The molecular weight excluding hydrogens is 324 g/mol. The number of urea groups is 1. The number of ether oxygens (including phenoxy) is 1. The number of furan rings is 1. The van der Waals surface area contributed by atoms with E-state index in [4.69, 9.17) is 9.15 Å². The SMILES string of the molecule is O=C(NCc1cccs1)Nc1cccc(COCc2ccco2)c1. The van der Waals surface area contributed by atoms with E-state index in [2.05, 4.69) is 10.6 Å². The van der Waals surface area contributed by atoms with Gasteiger partial charge in [-0.2, -0.15) is 0 Å². The highest BCUT2D eigenvalue weighted by atomic mass is 32.1. The minimum atomic E-state index is -0.225. The number of hydrogen-bond acceptors (Lipinski definition) is 4. The molecule has 6 heteroatoms. The normalized spacial score (nSPS) is 10.5. The molecular formula is C18H18N2O3S. The van der Waals surface area contributed by atoms with Crippen LogP contribution in [0.3, 0.4) is 0 Å². The highest BCUT2D eigenvalue weighted by Crippen LogP contribution is 2.13. The van der Waals surface area contributed by atoms with Gasteiger partial charge >= 0.3 is 6.03 Å². The average molecular weight is 342 g/mol. The molecule has 0 aliphatic heterocycles. The van der Waals surface area contributed by atoms with Crippen LogP contribution >= 0.6 is 11.3 Å². The Morgan fingerprint density at radius 3 is 2.88 bits per heavy atom. The van der Waals surface area contributed by atoms with Gasteiger partial charge in [0.2, 0.25) is 0 Å². The molecule has 2 heterocycles. The van der Waals surface area contributed by atoms with E-state index in [0.717, 1.165) is 21.9 Å². The monoisotopic (exact) mass is 342 g/mol. The number of carbonyl (C=O) groups excluding carboxylic acids is 1. The molecule has 0 bridgehead atoms. The molecule has 124 valence electrons. The summed E-state index contributed by atoms with van der Waals surface area (Å²) < 4.78 is 10.8. The van der Waals surface area contributed by atoms with Crippen LogP contribution in [0.1, 0.15) is 16.2 Å². The van der Waals surface area contributed by atoms with Crippen molar-refractivity contribution in [2.75, 3.05) is 5.32 Å². The Bertz CT molecular complexity index is 754. The second-order valence-electron chi connectivity index (χ2n) is 5.16. The van der Waals surface area contributed by atoms with Gasteiger partial charge in [0.25, 0.3) is 0 Å². The van der Waals surface area contributed by atoms with E-state index in [1.165, 1.54) is 0 Å². The van der Waals surface area contributed by atoms with E-state index >= 15 is 0 Å². The summed E-state index contributed by atoms with van der Waals surface area (Å²) in [4.78, 5) is 13.0. The topological polar surface area (TPSA) is 63.5 Å². The molecule has 0 saturated heterocycles. The molecule has 2 amide bonds. The maximum absolute atomic E-state index is 11.9. The van der Waals surface area contributed by atoms with Gasteiger partial charge in [-0.3, -0.25) is 0 Å². The summed E-state index contributed by atoms with van der Waals surface area (Å²) in [7, 11) is 0. The third-order valence-electron chi connectivity index (χ3n) is 3.28. The quantitative estimate of drug-likeness (QED) is 0.670. The zero-order valence-corrected chi connectivity index (χ0v) is 13.8. The number of nitrogens with one attached hydrogen (secondary N) is 2. The van der Waals surface area contributed by atoms with Crippen molar-refractivity contribution in [1.29, 1.82) is 0 Å². The van der Waals surface area contributed by atoms with E-state index in [-0.39, 0.29) is 6.03 Å². The van der Waals surface area contributed by atoms with Crippen molar-refractivity contribution < 1.29 is 13.9 Å². The third-order valence-corrected chi connectivity index (χ3v) is 4.16. The molecule has 3 rings (SSSR count). The van der Waals surface area contributed by atoms with Gasteiger partial charge in [-0.1, -0.05) is 18.2 Å². The third kappa shape index (κ3) is 4.97. The van der Waals surface area contributed by atoms with Crippen molar-refractivity contribution >= 4 is 23.1 Å². The van der Waals surface area contributed by atoms with Crippen molar-refractivity contribution in [2.24, 2.45) is 0 Å². The number of benzene rings is 1. The minimum absolute atomic E-state index is 0.225. The standard InChI is InChI=1S/C18H18N2O3S/c21-18(19-11-17-7-3-9-24-17)20-15-5-1-4-14(10-15)12-22-13-16-6-2-8-23-16/h1-10H,11-13H2,(H2,19,20,21). The first kappa shape index (κ1) is 16.3. The van der Waals surface area contributed by atoms with Gasteiger partial charge in [0.15, 0.2) is 0 Å². The maximum atomic E-state index is 11.9. The molecule has 1 aromatic carbocycles. The van der Waals surface area contributed by atoms with Crippen LogP contribution < -0.4 is 10.6 Å². The zero-order valence-electron chi connectivity index (χ0n) is 13.0. The van der Waals surface area contributed by atoms with Crippen LogP contribution in [0.4, 0.5) is 10.5 Å². The Kier molecular flexibility index (Phi) is 5.65. The number of thiophene rings is 1. The Labute approximate surface area is 144 Å². The van der Waals surface area contributed by atoms with E-state index in [0.29, 0.717) is 19.8 Å². The summed E-state index contributed by atoms with van der Waals surface area (Å²) in [5, 5.41) is 7.65. The Balaban J connectivity index is 1.46. The molecule has 0 atom stereocenters. The number of carbonyl (C=O) groups is 1. The Morgan fingerprint density at radius 1 is 1.12 bits per heavy atom.